The molecular weight excluding hydrogens is 583 g/mol. The number of aryl methyl sites for hydroxylation is 1. The van der Waals surface area contributed by atoms with Crippen molar-refractivity contribution in [2.75, 3.05) is 44.9 Å². The van der Waals surface area contributed by atoms with E-state index in [2.05, 4.69) is 5.32 Å². The summed E-state index contributed by atoms with van der Waals surface area (Å²) in [6, 6.07) is 12.2. The number of sulfonamides is 1. The fourth-order valence-corrected chi connectivity index (χ4v) is 7.68. The lowest BCUT2D eigenvalue weighted by atomic mass is 9.87. The molecule has 238 valence electrons. The predicted molar refractivity (Wildman–Crippen MR) is 177 cm³/mol. The molecule has 1 fully saturated rings. The first-order valence-electron chi connectivity index (χ1n) is 15.4. The predicted octanol–water partition coefficient (Wildman–Crippen LogP) is 5.65. The molecule has 0 bridgehead atoms. The Labute approximate surface area is 262 Å². The van der Waals surface area contributed by atoms with Crippen molar-refractivity contribution in [1.29, 1.82) is 0 Å². The number of thioether (sulfide) groups is 1. The Bertz CT molecular complexity index is 1310. The van der Waals surface area contributed by atoms with Crippen LogP contribution in [0, 0.1) is 12.8 Å². The van der Waals surface area contributed by atoms with Crippen molar-refractivity contribution in [2.45, 2.75) is 70.9 Å². The SMILES string of the molecule is CSCCC(NC(=O)c1ccc(CN(CCC2CCCCC2)S(=O)(=O)CCCN(C)C)cc1-c1ccccc1C)C(=O)O. The van der Waals surface area contributed by atoms with E-state index in [1.807, 2.05) is 62.5 Å². The molecule has 1 saturated carbocycles. The molecule has 1 unspecified atom stereocenters. The highest BCUT2D eigenvalue weighted by molar-refractivity contribution is 7.98. The Hall–Kier alpha value is -2.40. The van der Waals surface area contributed by atoms with Crippen LogP contribution in [0.15, 0.2) is 42.5 Å². The summed E-state index contributed by atoms with van der Waals surface area (Å²) in [6.07, 6.45) is 9.63. The van der Waals surface area contributed by atoms with E-state index in [-0.39, 0.29) is 12.3 Å². The Kier molecular flexibility index (Phi) is 14.0. The van der Waals surface area contributed by atoms with Crippen molar-refractivity contribution in [2.24, 2.45) is 5.92 Å². The number of rotatable bonds is 17. The molecule has 2 N–H and O–H groups in total. The molecule has 1 aliphatic rings. The highest BCUT2D eigenvalue weighted by Crippen LogP contribution is 2.30. The minimum atomic E-state index is -3.50. The number of amides is 1. The zero-order valence-corrected chi connectivity index (χ0v) is 27.8. The third-order valence-electron chi connectivity index (χ3n) is 8.25. The summed E-state index contributed by atoms with van der Waals surface area (Å²) in [6.45, 7) is 3.37. The second-order valence-corrected chi connectivity index (χ2v) is 15.0. The van der Waals surface area contributed by atoms with Crippen molar-refractivity contribution in [3.8, 4) is 11.1 Å². The van der Waals surface area contributed by atoms with Crippen molar-refractivity contribution in [1.82, 2.24) is 14.5 Å². The van der Waals surface area contributed by atoms with Gasteiger partial charge in [0.1, 0.15) is 6.04 Å². The molecule has 10 heteroatoms. The first kappa shape index (κ1) is 35.1. The second-order valence-electron chi connectivity index (χ2n) is 11.9. The number of carboxylic acids is 1. The maximum absolute atomic E-state index is 13.6. The van der Waals surface area contributed by atoms with E-state index < -0.39 is 27.9 Å². The summed E-state index contributed by atoms with van der Waals surface area (Å²) >= 11 is 1.53. The zero-order chi connectivity index (χ0) is 31.4. The summed E-state index contributed by atoms with van der Waals surface area (Å²) in [5.41, 5.74) is 3.66. The quantitative estimate of drug-likeness (QED) is 0.232. The van der Waals surface area contributed by atoms with Crippen LogP contribution in [-0.2, 0) is 21.4 Å². The van der Waals surface area contributed by atoms with E-state index in [1.165, 1.54) is 31.0 Å². The molecule has 8 nitrogen and oxygen atoms in total. The molecule has 0 radical (unpaired) electrons. The van der Waals surface area contributed by atoms with E-state index in [0.717, 1.165) is 36.0 Å². The van der Waals surface area contributed by atoms with Gasteiger partial charge in [0.25, 0.3) is 5.91 Å². The zero-order valence-electron chi connectivity index (χ0n) is 26.2. The van der Waals surface area contributed by atoms with E-state index in [0.29, 0.717) is 48.7 Å². The van der Waals surface area contributed by atoms with Crippen molar-refractivity contribution in [3.05, 3.63) is 59.2 Å². The fourth-order valence-electron chi connectivity index (χ4n) is 5.73. The molecule has 2 aromatic carbocycles. The molecule has 1 aliphatic carbocycles. The topological polar surface area (TPSA) is 107 Å². The van der Waals surface area contributed by atoms with E-state index in [4.69, 9.17) is 0 Å². The Morgan fingerprint density at radius 2 is 1.77 bits per heavy atom. The van der Waals surface area contributed by atoms with Gasteiger partial charge in [0, 0.05) is 18.7 Å². The minimum absolute atomic E-state index is 0.0909. The molecule has 43 heavy (non-hydrogen) atoms. The number of carbonyl (C=O) groups excluding carboxylic acids is 1. The van der Waals surface area contributed by atoms with Gasteiger partial charge in [0.05, 0.1) is 5.75 Å². The summed E-state index contributed by atoms with van der Waals surface area (Å²) in [5, 5.41) is 12.4. The maximum atomic E-state index is 13.6. The second kappa shape index (κ2) is 17.2. The lowest BCUT2D eigenvalue weighted by molar-refractivity contribution is -0.139. The van der Waals surface area contributed by atoms with Gasteiger partial charge in [-0.05, 0) is 99.1 Å². The van der Waals surface area contributed by atoms with Crippen molar-refractivity contribution in [3.63, 3.8) is 0 Å². The van der Waals surface area contributed by atoms with Crippen LogP contribution >= 0.6 is 11.8 Å². The minimum Gasteiger partial charge on any atom is -0.480 e. The average Bonchev–Trinajstić information content (AvgIpc) is 2.97. The van der Waals surface area contributed by atoms with Gasteiger partial charge in [-0.2, -0.15) is 16.1 Å². The number of benzene rings is 2. The Balaban J connectivity index is 1.94. The van der Waals surface area contributed by atoms with Crippen LogP contribution in [0.4, 0.5) is 0 Å². The number of carbonyl (C=O) groups is 2. The monoisotopic (exact) mass is 631 g/mol. The summed E-state index contributed by atoms with van der Waals surface area (Å²) < 4.78 is 28.9. The van der Waals surface area contributed by atoms with E-state index in [1.54, 1.807) is 16.4 Å². The van der Waals surface area contributed by atoms with Crippen molar-refractivity contribution >= 4 is 33.7 Å². The molecule has 3 rings (SSSR count). The lowest BCUT2D eigenvalue weighted by Crippen LogP contribution is -2.41. The molecule has 0 aliphatic heterocycles. The fraction of sp³-hybridized carbons (Fsp3) is 0.576. The number of carboxylic acid groups (broad SMARTS) is 1. The van der Waals surface area contributed by atoms with Gasteiger partial charge >= 0.3 is 5.97 Å². The standard InChI is InChI=1S/C33H49N3O5S2/c1-25-11-8-9-14-28(25)30-23-27(15-16-29(30)32(37)34-31(33(38)39)18-21-42-4)24-36(20-17-26-12-6-5-7-13-26)43(40,41)22-10-19-35(2)3/h8-9,11,14-16,23,26,31H,5-7,10,12-13,17-22,24H2,1-4H3,(H,34,37)(H,38,39). The van der Waals surface area contributed by atoms with Crippen LogP contribution in [0.3, 0.4) is 0 Å². The van der Waals surface area contributed by atoms with Gasteiger partial charge < -0.3 is 15.3 Å². The van der Waals surface area contributed by atoms with Gasteiger partial charge in [-0.1, -0.05) is 62.4 Å². The molecule has 0 heterocycles. The first-order valence-corrected chi connectivity index (χ1v) is 18.4. The van der Waals surface area contributed by atoms with E-state index >= 15 is 0 Å². The number of hydrogen-bond donors (Lipinski definition) is 2. The molecule has 0 aromatic heterocycles. The Morgan fingerprint density at radius 3 is 2.42 bits per heavy atom. The van der Waals surface area contributed by atoms with Crippen LogP contribution in [-0.4, -0.2) is 85.6 Å². The summed E-state index contributed by atoms with van der Waals surface area (Å²) in [7, 11) is 0.385. The first-order chi connectivity index (χ1) is 20.5. The molecule has 0 spiro atoms. The van der Waals surface area contributed by atoms with E-state index in [9.17, 15) is 23.1 Å². The van der Waals surface area contributed by atoms with Crippen molar-refractivity contribution < 1.29 is 23.1 Å². The number of nitrogens with zero attached hydrogens (tertiary/aromatic N) is 2. The van der Waals surface area contributed by atoms with Crippen LogP contribution in [0.25, 0.3) is 11.1 Å². The largest absolute Gasteiger partial charge is 0.480 e. The summed E-state index contributed by atoms with van der Waals surface area (Å²) in [5.74, 6) is -0.267. The highest BCUT2D eigenvalue weighted by atomic mass is 32.2. The molecule has 1 atom stereocenters. The smallest absolute Gasteiger partial charge is 0.326 e. The van der Waals surface area contributed by atoms with Crippen LogP contribution in [0.2, 0.25) is 0 Å². The van der Waals surface area contributed by atoms with Gasteiger partial charge in [-0.3, -0.25) is 4.79 Å². The number of hydrogen-bond acceptors (Lipinski definition) is 6. The number of aliphatic carboxylic acids is 1. The van der Waals surface area contributed by atoms with Gasteiger partial charge in [0.15, 0.2) is 0 Å². The molecule has 0 saturated heterocycles. The van der Waals surface area contributed by atoms with Gasteiger partial charge in [-0.25, -0.2) is 13.2 Å². The third-order valence-corrected chi connectivity index (χ3v) is 10.8. The van der Waals surface area contributed by atoms with Gasteiger partial charge in [0.2, 0.25) is 10.0 Å². The molecule has 2 aromatic rings. The summed E-state index contributed by atoms with van der Waals surface area (Å²) in [4.78, 5) is 27.3. The highest BCUT2D eigenvalue weighted by Gasteiger charge is 2.26. The average molecular weight is 632 g/mol. The van der Waals surface area contributed by atoms with Gasteiger partial charge in [-0.15, -0.1) is 0 Å². The Morgan fingerprint density at radius 1 is 1.05 bits per heavy atom. The molecule has 1 amide bonds. The lowest BCUT2D eigenvalue weighted by Gasteiger charge is -2.27. The third kappa shape index (κ3) is 10.9. The van der Waals surface area contributed by atoms with Crippen LogP contribution in [0.5, 0.6) is 0 Å². The number of nitrogens with one attached hydrogen (secondary N) is 1. The molecular formula is C33H49N3O5S2. The van der Waals surface area contributed by atoms with Crippen LogP contribution < -0.4 is 5.32 Å². The normalized spacial score (nSPS) is 15.1. The maximum Gasteiger partial charge on any atom is 0.326 e. The van der Waals surface area contributed by atoms with Crippen LogP contribution in [0.1, 0.15) is 72.9 Å².